The zero-order valence-corrected chi connectivity index (χ0v) is 20.2. The van der Waals surface area contributed by atoms with Gasteiger partial charge >= 0.3 is 0 Å². The maximum Gasteiger partial charge on any atom is 0.236 e. The first-order valence-electron chi connectivity index (χ1n) is 11.6. The van der Waals surface area contributed by atoms with Crippen molar-refractivity contribution >= 4 is 23.5 Å². The minimum absolute atomic E-state index is 0.0244. The van der Waals surface area contributed by atoms with Gasteiger partial charge in [0.05, 0.1) is 12.7 Å². The first-order valence-corrected chi connectivity index (χ1v) is 11.6. The van der Waals surface area contributed by atoms with Crippen molar-refractivity contribution in [3.05, 3.63) is 65.4 Å². The van der Waals surface area contributed by atoms with Crippen molar-refractivity contribution in [1.82, 2.24) is 14.8 Å². The number of carbonyl (C=O) groups excluding carboxylic acids is 1. The van der Waals surface area contributed by atoms with Gasteiger partial charge in [0.15, 0.2) is 0 Å². The number of allylic oxidation sites excluding steroid dienone is 2. The SMILES string of the molecule is C/C=C(\C=N/C(C)N1CCN(c2cc(C)ccn2)CC1)c1cccc(CN(C)C(=O)CN)c1. The Kier molecular flexibility index (Phi) is 8.74. The highest BCUT2D eigenvalue weighted by Gasteiger charge is 2.21. The third-order valence-electron chi connectivity index (χ3n) is 6.09. The number of carbonyl (C=O) groups is 1. The van der Waals surface area contributed by atoms with E-state index in [-0.39, 0.29) is 18.6 Å². The molecule has 33 heavy (non-hydrogen) atoms. The van der Waals surface area contributed by atoms with Crippen LogP contribution in [-0.2, 0) is 11.3 Å². The normalized spacial score (nSPS) is 16.3. The molecular weight excluding hydrogens is 412 g/mol. The second kappa shape index (κ2) is 11.7. The number of piperazine rings is 1. The topological polar surface area (TPSA) is 78.1 Å². The van der Waals surface area contributed by atoms with Crippen LogP contribution >= 0.6 is 0 Å². The van der Waals surface area contributed by atoms with E-state index in [4.69, 9.17) is 10.7 Å². The molecule has 1 aliphatic rings. The number of nitrogens with two attached hydrogens (primary N) is 1. The van der Waals surface area contributed by atoms with Gasteiger partial charge in [0, 0.05) is 52.2 Å². The molecule has 0 spiro atoms. The van der Waals surface area contributed by atoms with Crippen LogP contribution in [0.5, 0.6) is 0 Å². The summed E-state index contributed by atoms with van der Waals surface area (Å²) < 4.78 is 0. The lowest BCUT2D eigenvalue weighted by Gasteiger charge is -2.37. The van der Waals surface area contributed by atoms with Gasteiger partial charge in [-0.25, -0.2) is 4.98 Å². The number of rotatable bonds is 8. The van der Waals surface area contributed by atoms with Crippen molar-refractivity contribution in [1.29, 1.82) is 0 Å². The van der Waals surface area contributed by atoms with E-state index in [1.165, 1.54) is 5.56 Å². The number of likely N-dealkylation sites (N-methyl/N-ethyl adjacent to an activating group) is 1. The predicted octanol–water partition coefficient (Wildman–Crippen LogP) is 2.95. The Hall–Kier alpha value is -3.03. The number of anilines is 1. The number of pyridine rings is 1. The first-order chi connectivity index (χ1) is 15.9. The fourth-order valence-corrected chi connectivity index (χ4v) is 3.98. The van der Waals surface area contributed by atoms with E-state index >= 15 is 0 Å². The Balaban J connectivity index is 1.59. The molecule has 0 radical (unpaired) electrons. The number of amides is 1. The number of aliphatic imine (C=N–C) groups is 1. The van der Waals surface area contributed by atoms with Crippen molar-refractivity contribution in [2.45, 2.75) is 33.5 Å². The zero-order valence-electron chi connectivity index (χ0n) is 20.2. The Bertz CT molecular complexity index is 994. The molecule has 0 saturated carbocycles. The molecule has 0 aliphatic carbocycles. The van der Waals surface area contributed by atoms with E-state index in [1.54, 1.807) is 11.9 Å². The van der Waals surface area contributed by atoms with Gasteiger partial charge < -0.3 is 15.5 Å². The Morgan fingerprint density at radius 3 is 2.67 bits per heavy atom. The van der Waals surface area contributed by atoms with Gasteiger partial charge in [0.25, 0.3) is 0 Å². The third kappa shape index (κ3) is 6.73. The summed E-state index contributed by atoms with van der Waals surface area (Å²) in [6.45, 7) is 10.6. The third-order valence-corrected chi connectivity index (χ3v) is 6.09. The number of nitrogens with zero attached hydrogens (tertiary/aromatic N) is 5. The van der Waals surface area contributed by atoms with Crippen molar-refractivity contribution in [3.8, 4) is 0 Å². The van der Waals surface area contributed by atoms with Crippen LogP contribution in [0.3, 0.4) is 0 Å². The average molecular weight is 449 g/mol. The van der Waals surface area contributed by atoms with Gasteiger partial charge in [-0.2, -0.15) is 0 Å². The summed E-state index contributed by atoms with van der Waals surface area (Å²) in [5, 5.41) is 0. The Labute approximate surface area is 197 Å². The van der Waals surface area contributed by atoms with Crippen molar-refractivity contribution in [3.63, 3.8) is 0 Å². The number of hydrogen-bond acceptors (Lipinski definition) is 6. The fourth-order valence-electron chi connectivity index (χ4n) is 3.98. The smallest absolute Gasteiger partial charge is 0.236 e. The summed E-state index contributed by atoms with van der Waals surface area (Å²) in [4.78, 5) is 27.6. The van der Waals surface area contributed by atoms with Crippen LogP contribution in [0.15, 0.2) is 53.7 Å². The number of benzene rings is 1. The lowest BCUT2D eigenvalue weighted by molar-refractivity contribution is -0.128. The van der Waals surface area contributed by atoms with E-state index < -0.39 is 0 Å². The Morgan fingerprint density at radius 2 is 2.00 bits per heavy atom. The van der Waals surface area contributed by atoms with E-state index in [1.807, 2.05) is 37.5 Å². The summed E-state index contributed by atoms with van der Waals surface area (Å²) >= 11 is 0. The minimum Gasteiger partial charge on any atom is -0.354 e. The predicted molar refractivity (Wildman–Crippen MR) is 136 cm³/mol. The van der Waals surface area contributed by atoms with Gasteiger partial charge in [-0.3, -0.25) is 14.7 Å². The molecule has 0 bridgehead atoms. The molecule has 1 saturated heterocycles. The van der Waals surface area contributed by atoms with Crippen molar-refractivity contribution < 1.29 is 4.79 Å². The molecule has 2 heterocycles. The molecule has 1 atom stereocenters. The quantitative estimate of drug-likeness (QED) is 0.628. The molecule has 176 valence electrons. The second-order valence-corrected chi connectivity index (χ2v) is 8.52. The highest BCUT2D eigenvalue weighted by Crippen LogP contribution is 2.18. The van der Waals surface area contributed by atoms with Crippen LogP contribution in [0.4, 0.5) is 5.82 Å². The zero-order chi connectivity index (χ0) is 23.8. The first kappa shape index (κ1) is 24.6. The van der Waals surface area contributed by atoms with Gasteiger partial charge in [-0.05, 0) is 61.2 Å². The highest BCUT2D eigenvalue weighted by molar-refractivity contribution is 6.09. The van der Waals surface area contributed by atoms with E-state index in [0.29, 0.717) is 6.54 Å². The van der Waals surface area contributed by atoms with E-state index in [0.717, 1.165) is 48.7 Å². The maximum absolute atomic E-state index is 11.8. The maximum atomic E-state index is 11.8. The summed E-state index contributed by atoms with van der Waals surface area (Å²) in [5.74, 6) is 0.987. The summed E-state index contributed by atoms with van der Waals surface area (Å²) in [6, 6.07) is 12.4. The van der Waals surface area contributed by atoms with Crippen molar-refractivity contribution in [2.75, 3.05) is 44.7 Å². The van der Waals surface area contributed by atoms with Crippen LogP contribution in [0, 0.1) is 6.92 Å². The van der Waals surface area contributed by atoms with Crippen LogP contribution in [0.25, 0.3) is 5.57 Å². The van der Waals surface area contributed by atoms with Gasteiger partial charge in [-0.1, -0.05) is 24.3 Å². The molecule has 7 heteroatoms. The van der Waals surface area contributed by atoms with E-state index in [2.05, 4.69) is 52.9 Å². The van der Waals surface area contributed by atoms with Gasteiger partial charge in [-0.15, -0.1) is 0 Å². The summed E-state index contributed by atoms with van der Waals surface area (Å²) in [7, 11) is 1.77. The average Bonchev–Trinajstić information content (AvgIpc) is 2.84. The molecule has 1 aromatic heterocycles. The summed E-state index contributed by atoms with van der Waals surface area (Å²) in [6.07, 6.45) is 6.02. The summed E-state index contributed by atoms with van der Waals surface area (Å²) in [5.41, 5.74) is 9.94. The molecule has 1 amide bonds. The molecule has 1 aromatic carbocycles. The monoisotopic (exact) mass is 448 g/mol. The molecule has 7 nitrogen and oxygen atoms in total. The lowest BCUT2D eigenvalue weighted by atomic mass is 10.0. The fraction of sp³-hybridized carbons (Fsp3) is 0.423. The molecular formula is C26H36N6O. The number of aromatic nitrogens is 1. The Morgan fingerprint density at radius 1 is 1.24 bits per heavy atom. The van der Waals surface area contributed by atoms with Crippen LogP contribution in [0.1, 0.15) is 30.5 Å². The minimum atomic E-state index is -0.0691. The van der Waals surface area contributed by atoms with Gasteiger partial charge in [0.2, 0.25) is 5.91 Å². The second-order valence-electron chi connectivity index (χ2n) is 8.52. The molecule has 2 aromatic rings. The molecule has 1 unspecified atom stereocenters. The highest BCUT2D eigenvalue weighted by atomic mass is 16.2. The molecule has 2 N–H and O–H groups in total. The largest absolute Gasteiger partial charge is 0.354 e. The molecule has 1 fully saturated rings. The van der Waals surface area contributed by atoms with Crippen LogP contribution < -0.4 is 10.6 Å². The van der Waals surface area contributed by atoms with E-state index in [9.17, 15) is 4.79 Å². The van der Waals surface area contributed by atoms with Crippen molar-refractivity contribution in [2.24, 2.45) is 10.7 Å². The lowest BCUT2D eigenvalue weighted by Crippen LogP contribution is -2.49. The van der Waals surface area contributed by atoms with Crippen LogP contribution in [-0.4, -0.2) is 72.8 Å². The van der Waals surface area contributed by atoms with Gasteiger partial charge in [0.1, 0.15) is 5.82 Å². The number of aryl methyl sites for hydroxylation is 1. The standard InChI is InChI=1S/C26H36N6O/c1-5-23(24-8-6-7-22(16-24)19-30(4)26(33)17-27)18-29-21(3)31-11-13-32(14-12-31)25-15-20(2)9-10-28-25/h5-10,15-16,18,21H,11-14,17,19,27H2,1-4H3/b23-5+,29-18-. The molecule has 3 rings (SSSR count). The van der Waals surface area contributed by atoms with Crippen LogP contribution in [0.2, 0.25) is 0 Å². The number of hydrogen-bond donors (Lipinski definition) is 1. The molecule has 1 aliphatic heterocycles.